The van der Waals surface area contributed by atoms with Crippen molar-refractivity contribution in [1.82, 2.24) is 4.90 Å². The first-order valence-corrected chi connectivity index (χ1v) is 6.83. The van der Waals surface area contributed by atoms with Gasteiger partial charge in [-0.25, -0.2) is 0 Å². The Hall–Kier alpha value is -1.22. The van der Waals surface area contributed by atoms with Gasteiger partial charge in [-0.15, -0.1) is 0 Å². The molecule has 0 unspecified atom stereocenters. The van der Waals surface area contributed by atoms with E-state index in [4.69, 9.17) is 4.74 Å². The summed E-state index contributed by atoms with van der Waals surface area (Å²) in [5, 5.41) is 9.66. The molecule has 1 aromatic rings. The number of piperidine rings is 1. The molecule has 0 saturated carbocycles. The molecular weight excluding hydrogens is 226 g/mol. The van der Waals surface area contributed by atoms with Gasteiger partial charge in [0, 0.05) is 24.1 Å². The molecule has 2 aliphatic heterocycles. The van der Waals surface area contributed by atoms with Gasteiger partial charge in [-0.05, 0) is 31.0 Å². The van der Waals surface area contributed by atoms with Gasteiger partial charge >= 0.3 is 0 Å². The molecule has 1 aromatic carbocycles. The van der Waals surface area contributed by atoms with E-state index in [0.29, 0.717) is 5.75 Å². The first-order chi connectivity index (χ1) is 8.59. The highest BCUT2D eigenvalue weighted by molar-refractivity contribution is 5.47. The highest BCUT2D eigenvalue weighted by Gasteiger charge is 2.45. The number of phenols is 1. The first-order valence-electron chi connectivity index (χ1n) is 6.83. The number of benzene rings is 1. The third kappa shape index (κ3) is 1.77. The Morgan fingerprint density at radius 2 is 1.94 bits per heavy atom. The van der Waals surface area contributed by atoms with E-state index in [1.807, 2.05) is 12.1 Å². The zero-order valence-corrected chi connectivity index (χ0v) is 11.1. The Bertz CT molecular complexity index is 450. The summed E-state index contributed by atoms with van der Waals surface area (Å²) in [7, 11) is 0. The third-order valence-electron chi connectivity index (χ3n) is 4.24. The van der Waals surface area contributed by atoms with Gasteiger partial charge in [0.05, 0.1) is 0 Å². The fraction of sp³-hybridized carbons (Fsp3) is 0.600. The lowest BCUT2D eigenvalue weighted by Gasteiger charge is -2.38. The summed E-state index contributed by atoms with van der Waals surface area (Å²) in [6.07, 6.45) is 3.96. The highest BCUT2D eigenvalue weighted by atomic mass is 16.5. The molecule has 0 amide bonds. The number of phenolic OH excluding ortho intramolecular Hbond substituents is 1. The molecular formula is C15H21NO2. The summed E-state index contributed by atoms with van der Waals surface area (Å²) >= 11 is 0. The van der Waals surface area contributed by atoms with Gasteiger partial charge in [0.25, 0.3) is 0 Å². The first kappa shape index (κ1) is 11.8. The summed E-state index contributed by atoms with van der Waals surface area (Å²) in [6.45, 7) is 6.65. The van der Waals surface area contributed by atoms with Crippen LogP contribution in [-0.2, 0) is 5.41 Å². The maximum Gasteiger partial charge on any atom is 0.162 e. The summed E-state index contributed by atoms with van der Waals surface area (Å²) in [5.74, 6) is 1.25. The number of rotatable bonds is 1. The second kappa shape index (κ2) is 4.16. The van der Waals surface area contributed by atoms with E-state index >= 15 is 0 Å². The molecule has 0 bridgehead atoms. The van der Waals surface area contributed by atoms with E-state index in [0.717, 1.165) is 24.4 Å². The minimum Gasteiger partial charge on any atom is -0.508 e. The maximum absolute atomic E-state index is 9.66. The van der Waals surface area contributed by atoms with Crippen molar-refractivity contribution in [3.63, 3.8) is 0 Å². The van der Waals surface area contributed by atoms with Crippen LogP contribution in [0.5, 0.6) is 11.5 Å². The van der Waals surface area contributed by atoms with Gasteiger partial charge in [0.2, 0.25) is 0 Å². The molecule has 3 heteroatoms. The van der Waals surface area contributed by atoms with Gasteiger partial charge < -0.3 is 9.84 Å². The van der Waals surface area contributed by atoms with E-state index in [1.54, 1.807) is 6.07 Å². The Morgan fingerprint density at radius 1 is 1.22 bits per heavy atom. The average molecular weight is 247 g/mol. The van der Waals surface area contributed by atoms with Crippen molar-refractivity contribution < 1.29 is 9.84 Å². The largest absolute Gasteiger partial charge is 0.508 e. The molecule has 18 heavy (non-hydrogen) atoms. The van der Waals surface area contributed by atoms with Gasteiger partial charge in [0.1, 0.15) is 11.5 Å². The minimum absolute atomic E-state index is 0.0641. The van der Waals surface area contributed by atoms with Crippen LogP contribution in [0.4, 0.5) is 0 Å². The van der Waals surface area contributed by atoms with Crippen molar-refractivity contribution in [3.05, 3.63) is 23.8 Å². The summed E-state index contributed by atoms with van der Waals surface area (Å²) in [5.41, 5.74) is 1.06. The highest BCUT2D eigenvalue weighted by Crippen LogP contribution is 2.45. The smallest absolute Gasteiger partial charge is 0.162 e. The molecule has 0 aromatic heterocycles. The Kier molecular flexibility index (Phi) is 2.74. The fourth-order valence-electron chi connectivity index (χ4n) is 3.21. The fourth-order valence-corrected chi connectivity index (χ4v) is 3.21. The summed E-state index contributed by atoms with van der Waals surface area (Å²) < 4.78 is 6.13. The molecule has 2 aliphatic rings. The average Bonchev–Trinajstić information content (AvgIpc) is 2.63. The number of fused-ring (bicyclic) bond motifs is 1. The monoisotopic (exact) mass is 247 g/mol. The van der Waals surface area contributed by atoms with Crippen molar-refractivity contribution in [2.45, 2.75) is 44.8 Å². The maximum atomic E-state index is 9.66. The van der Waals surface area contributed by atoms with Crippen LogP contribution in [0.25, 0.3) is 0 Å². The van der Waals surface area contributed by atoms with Crippen LogP contribution in [0, 0.1) is 0 Å². The third-order valence-corrected chi connectivity index (χ3v) is 4.24. The zero-order valence-electron chi connectivity index (χ0n) is 11.1. The van der Waals surface area contributed by atoms with Crippen LogP contribution in [0.15, 0.2) is 18.2 Å². The molecule has 3 rings (SSSR count). The Morgan fingerprint density at radius 3 is 2.67 bits per heavy atom. The molecule has 1 fully saturated rings. The molecule has 1 N–H and O–H groups in total. The molecule has 0 aliphatic carbocycles. The van der Waals surface area contributed by atoms with Crippen LogP contribution < -0.4 is 4.74 Å². The van der Waals surface area contributed by atoms with E-state index in [2.05, 4.69) is 18.7 Å². The summed E-state index contributed by atoms with van der Waals surface area (Å²) in [6, 6.07) is 5.43. The quantitative estimate of drug-likeness (QED) is 0.828. The van der Waals surface area contributed by atoms with Crippen molar-refractivity contribution in [1.29, 1.82) is 0 Å². The van der Waals surface area contributed by atoms with Gasteiger partial charge in [-0.2, -0.15) is 0 Å². The Balaban J connectivity index is 1.92. The second-order valence-corrected chi connectivity index (χ2v) is 5.97. The molecule has 3 nitrogen and oxygen atoms in total. The lowest BCUT2D eigenvalue weighted by Crippen LogP contribution is -2.49. The minimum atomic E-state index is -0.0641. The van der Waals surface area contributed by atoms with Crippen molar-refractivity contribution in [3.8, 4) is 11.5 Å². The van der Waals surface area contributed by atoms with E-state index in [1.165, 1.54) is 19.3 Å². The van der Waals surface area contributed by atoms with Gasteiger partial charge in [0.15, 0.2) is 6.23 Å². The molecule has 1 atom stereocenters. The number of aromatic hydroxyl groups is 1. The van der Waals surface area contributed by atoms with Crippen LogP contribution in [0.1, 0.15) is 38.7 Å². The lowest BCUT2D eigenvalue weighted by molar-refractivity contribution is -0.0131. The molecule has 2 heterocycles. The standard InChI is InChI=1S/C15H21NO2/c1-15(2)12-10-11(17)6-7-13(12)18-14(15)16-8-4-3-5-9-16/h6-7,10,14,17H,3-5,8-9H2,1-2H3/t14-/m0/s1. The normalized spacial score (nSPS) is 26.7. The van der Waals surface area contributed by atoms with Crippen molar-refractivity contribution >= 4 is 0 Å². The van der Waals surface area contributed by atoms with Crippen LogP contribution in [0.3, 0.4) is 0 Å². The van der Waals surface area contributed by atoms with E-state index in [-0.39, 0.29) is 11.6 Å². The molecule has 0 radical (unpaired) electrons. The van der Waals surface area contributed by atoms with Crippen molar-refractivity contribution in [2.75, 3.05) is 13.1 Å². The van der Waals surface area contributed by atoms with Crippen LogP contribution >= 0.6 is 0 Å². The second-order valence-electron chi connectivity index (χ2n) is 5.97. The van der Waals surface area contributed by atoms with Crippen molar-refractivity contribution in [2.24, 2.45) is 0 Å². The SMILES string of the molecule is CC1(C)c2cc(O)ccc2O[C@@H]1N1CCCCC1. The molecule has 1 saturated heterocycles. The number of nitrogens with zero attached hydrogens (tertiary/aromatic N) is 1. The topological polar surface area (TPSA) is 32.7 Å². The predicted molar refractivity (Wildman–Crippen MR) is 71.0 cm³/mol. The Labute approximate surface area is 108 Å². The number of hydrogen-bond donors (Lipinski definition) is 1. The van der Waals surface area contributed by atoms with Gasteiger partial charge in [-0.1, -0.05) is 20.3 Å². The van der Waals surface area contributed by atoms with E-state index < -0.39 is 0 Å². The molecule has 0 spiro atoms. The van der Waals surface area contributed by atoms with Crippen LogP contribution in [0.2, 0.25) is 0 Å². The predicted octanol–water partition coefficient (Wildman–Crippen LogP) is 2.87. The zero-order chi connectivity index (χ0) is 12.8. The molecule has 98 valence electrons. The van der Waals surface area contributed by atoms with Gasteiger partial charge in [-0.3, -0.25) is 4.90 Å². The number of likely N-dealkylation sites (tertiary alicyclic amines) is 1. The number of hydrogen-bond acceptors (Lipinski definition) is 3. The summed E-state index contributed by atoms with van der Waals surface area (Å²) in [4.78, 5) is 2.44. The number of ether oxygens (including phenoxy) is 1. The lowest BCUT2D eigenvalue weighted by atomic mass is 9.83. The van der Waals surface area contributed by atoms with E-state index in [9.17, 15) is 5.11 Å². The van der Waals surface area contributed by atoms with Crippen LogP contribution in [-0.4, -0.2) is 29.3 Å².